The molecule has 0 saturated heterocycles. The number of rotatable bonds is 0. The fraction of sp³-hybridized carbons (Fsp3) is 0. The second kappa shape index (κ2) is 4.97. The molecule has 0 amide bonds. The third-order valence-corrected chi connectivity index (χ3v) is 1.05. The molecule has 2 heteroatoms. The molecule has 0 aliphatic rings. The summed E-state index contributed by atoms with van der Waals surface area (Å²) in [7, 11) is 0. The van der Waals surface area contributed by atoms with Gasteiger partial charge in [-0.25, -0.2) is 0 Å². The SMILES string of the molecule is Sc1ccccc1.[Ba+2].[H-].[H-]. The molecule has 0 spiro atoms. The van der Waals surface area contributed by atoms with E-state index in [-0.39, 0.29) is 51.7 Å². The van der Waals surface area contributed by atoms with Crippen molar-refractivity contribution in [2.75, 3.05) is 0 Å². The quantitative estimate of drug-likeness (QED) is 0.526. The van der Waals surface area contributed by atoms with Crippen LogP contribution in [0.3, 0.4) is 0 Å². The second-order valence-corrected chi connectivity index (χ2v) is 1.85. The van der Waals surface area contributed by atoms with Crippen LogP contribution in [0.25, 0.3) is 0 Å². The summed E-state index contributed by atoms with van der Waals surface area (Å²) < 4.78 is 0. The average molecular weight is 250 g/mol. The Hall–Kier alpha value is 1.14. The largest absolute Gasteiger partial charge is 2.00 e. The van der Waals surface area contributed by atoms with Gasteiger partial charge in [0.15, 0.2) is 0 Å². The van der Waals surface area contributed by atoms with E-state index in [4.69, 9.17) is 0 Å². The van der Waals surface area contributed by atoms with Gasteiger partial charge in [-0.3, -0.25) is 0 Å². The number of benzene rings is 1. The van der Waals surface area contributed by atoms with Crippen LogP contribution >= 0.6 is 12.6 Å². The third-order valence-electron chi connectivity index (χ3n) is 0.756. The minimum atomic E-state index is 0. The smallest absolute Gasteiger partial charge is 1.00 e. The molecule has 0 radical (unpaired) electrons. The summed E-state index contributed by atoms with van der Waals surface area (Å²) in [5.74, 6) is 0. The summed E-state index contributed by atoms with van der Waals surface area (Å²) in [6, 6.07) is 9.79. The minimum Gasteiger partial charge on any atom is -1.00 e. The van der Waals surface area contributed by atoms with Crippen molar-refractivity contribution in [2.24, 2.45) is 0 Å². The number of thiol groups is 1. The first-order valence-corrected chi connectivity index (χ1v) is 2.58. The molecule has 0 N–H and O–H groups in total. The van der Waals surface area contributed by atoms with Crippen molar-refractivity contribution in [2.45, 2.75) is 4.90 Å². The van der Waals surface area contributed by atoms with Gasteiger partial charge in [0.2, 0.25) is 0 Å². The van der Waals surface area contributed by atoms with Crippen LogP contribution in [0.5, 0.6) is 0 Å². The normalized spacial score (nSPS) is 7.62. The first-order valence-electron chi connectivity index (χ1n) is 2.13. The van der Waals surface area contributed by atoms with Gasteiger partial charge in [0, 0.05) is 4.90 Å². The minimum absolute atomic E-state index is 0. The van der Waals surface area contributed by atoms with Crippen LogP contribution in [0.1, 0.15) is 2.85 Å². The van der Waals surface area contributed by atoms with Crippen molar-refractivity contribution >= 4 is 61.5 Å². The molecule has 0 nitrogen and oxygen atoms in total. The molecule has 0 aliphatic heterocycles. The molecule has 0 aliphatic carbocycles. The zero-order valence-electron chi connectivity index (χ0n) is 6.54. The van der Waals surface area contributed by atoms with E-state index in [1.165, 1.54) is 0 Å². The fourth-order valence-electron chi connectivity index (χ4n) is 0.428. The first-order chi connectivity index (χ1) is 3.39. The Morgan fingerprint density at radius 2 is 1.62 bits per heavy atom. The Morgan fingerprint density at radius 3 is 1.88 bits per heavy atom. The summed E-state index contributed by atoms with van der Waals surface area (Å²) in [6.45, 7) is 0. The Labute approximate surface area is 98.1 Å². The van der Waals surface area contributed by atoms with Crippen molar-refractivity contribution in [3.8, 4) is 0 Å². The van der Waals surface area contributed by atoms with Crippen LogP contribution in [0, 0.1) is 0 Å². The van der Waals surface area contributed by atoms with E-state index in [1.54, 1.807) is 0 Å². The molecule has 0 bridgehead atoms. The second-order valence-electron chi connectivity index (χ2n) is 1.34. The fourth-order valence-corrected chi connectivity index (χ4v) is 0.600. The summed E-state index contributed by atoms with van der Waals surface area (Å²) in [4.78, 5) is 1.02. The van der Waals surface area contributed by atoms with Gasteiger partial charge in [-0.1, -0.05) is 18.2 Å². The molecule has 8 heavy (non-hydrogen) atoms. The molecule has 1 aromatic carbocycles. The van der Waals surface area contributed by atoms with E-state index in [9.17, 15) is 0 Å². The van der Waals surface area contributed by atoms with E-state index in [2.05, 4.69) is 12.6 Å². The predicted molar refractivity (Wildman–Crippen MR) is 41.7 cm³/mol. The molecule has 40 valence electrons. The van der Waals surface area contributed by atoms with Crippen molar-refractivity contribution in [3.05, 3.63) is 30.3 Å². The van der Waals surface area contributed by atoms with Crippen LogP contribution in [0.4, 0.5) is 0 Å². The molecule has 1 rings (SSSR count). The van der Waals surface area contributed by atoms with Gasteiger partial charge < -0.3 is 2.85 Å². The van der Waals surface area contributed by atoms with E-state index in [1.807, 2.05) is 30.3 Å². The molecule has 0 unspecified atom stereocenters. The Bertz CT molecular complexity index is 146. The number of hydrogen-bond donors (Lipinski definition) is 1. The van der Waals surface area contributed by atoms with E-state index in [0.717, 1.165) is 4.90 Å². The van der Waals surface area contributed by atoms with Crippen LogP contribution in [0.15, 0.2) is 35.2 Å². The molecule has 0 fully saturated rings. The van der Waals surface area contributed by atoms with Crippen LogP contribution in [-0.4, -0.2) is 48.9 Å². The van der Waals surface area contributed by atoms with Crippen molar-refractivity contribution in [1.29, 1.82) is 0 Å². The maximum absolute atomic E-state index is 4.08. The van der Waals surface area contributed by atoms with Gasteiger partial charge >= 0.3 is 48.9 Å². The molecule has 0 saturated carbocycles. The Kier molecular flexibility index (Phi) is 5.68. The Morgan fingerprint density at radius 1 is 1.12 bits per heavy atom. The predicted octanol–water partition coefficient (Wildman–Crippen LogP) is 1.82. The van der Waals surface area contributed by atoms with Crippen molar-refractivity contribution < 1.29 is 2.85 Å². The summed E-state index contributed by atoms with van der Waals surface area (Å²) in [5.41, 5.74) is 0. The monoisotopic (exact) mass is 250 g/mol. The maximum Gasteiger partial charge on any atom is 2.00 e. The molecular weight excluding hydrogens is 241 g/mol. The third kappa shape index (κ3) is 3.22. The first kappa shape index (κ1) is 9.14. The molecule has 0 aromatic heterocycles. The topological polar surface area (TPSA) is 0 Å². The Balaban J connectivity index is -0.000000163. The standard InChI is InChI=1S/C6H6S.Ba.2H/c7-6-4-2-1-3-5-6;;;/h1-5,7H;;;/q;+2;2*-1. The summed E-state index contributed by atoms with van der Waals surface area (Å²) in [5, 5.41) is 0. The summed E-state index contributed by atoms with van der Waals surface area (Å²) >= 11 is 4.08. The van der Waals surface area contributed by atoms with Crippen LogP contribution in [0.2, 0.25) is 0 Å². The zero-order chi connectivity index (χ0) is 5.11. The van der Waals surface area contributed by atoms with Gasteiger partial charge in [-0.15, -0.1) is 12.6 Å². The molecule has 0 atom stereocenters. The van der Waals surface area contributed by atoms with Gasteiger partial charge in [0.1, 0.15) is 0 Å². The van der Waals surface area contributed by atoms with Crippen LogP contribution in [-0.2, 0) is 0 Å². The van der Waals surface area contributed by atoms with E-state index in [0.29, 0.717) is 0 Å². The summed E-state index contributed by atoms with van der Waals surface area (Å²) in [6.07, 6.45) is 0. The zero-order valence-corrected chi connectivity index (χ0v) is 9.88. The van der Waals surface area contributed by atoms with Gasteiger partial charge in [-0.2, -0.15) is 0 Å². The van der Waals surface area contributed by atoms with Gasteiger partial charge in [0.05, 0.1) is 0 Å². The van der Waals surface area contributed by atoms with Crippen LogP contribution < -0.4 is 0 Å². The van der Waals surface area contributed by atoms with Gasteiger partial charge in [-0.05, 0) is 12.1 Å². The molecule has 1 aromatic rings. The number of hydrogen-bond acceptors (Lipinski definition) is 1. The molecular formula is C6H8BaS. The van der Waals surface area contributed by atoms with E-state index < -0.39 is 0 Å². The van der Waals surface area contributed by atoms with Gasteiger partial charge in [0.25, 0.3) is 0 Å². The maximum atomic E-state index is 4.08. The average Bonchev–Trinajstić information content (AvgIpc) is 1.69. The molecule has 0 heterocycles. The van der Waals surface area contributed by atoms with Crippen molar-refractivity contribution in [1.82, 2.24) is 0 Å². The van der Waals surface area contributed by atoms with Crippen molar-refractivity contribution in [3.63, 3.8) is 0 Å². The van der Waals surface area contributed by atoms with E-state index >= 15 is 0 Å².